The molecule has 11 aromatic rings. The van der Waals surface area contributed by atoms with Gasteiger partial charge in [0.1, 0.15) is 11.2 Å². The number of nitrogens with zero attached hydrogens (tertiary/aromatic N) is 1. The van der Waals surface area contributed by atoms with Gasteiger partial charge in [-0.05, 0) is 104 Å². The predicted molar refractivity (Wildman–Crippen MR) is 253 cm³/mol. The Labute approximate surface area is 361 Å². The lowest BCUT2D eigenvalue weighted by Crippen LogP contribution is -2.11. The molecule has 2 heteroatoms. The molecule has 0 amide bonds. The molecule has 60 heavy (non-hydrogen) atoms. The van der Waals surface area contributed by atoms with Crippen LogP contribution in [0.3, 0.4) is 0 Å². The van der Waals surface area contributed by atoms with Gasteiger partial charge in [0.05, 0.1) is 16.7 Å². The van der Waals surface area contributed by atoms with Gasteiger partial charge >= 0.3 is 0 Å². The van der Waals surface area contributed by atoms with Crippen molar-refractivity contribution in [1.29, 1.82) is 0 Å². The van der Waals surface area contributed by atoms with Gasteiger partial charge in [0.2, 0.25) is 0 Å². The molecule has 0 N–H and O–H groups in total. The number of rotatable bonds is 8. The summed E-state index contributed by atoms with van der Waals surface area (Å²) in [7, 11) is 0. The van der Waals surface area contributed by atoms with E-state index in [0.717, 1.165) is 43.8 Å². The van der Waals surface area contributed by atoms with E-state index in [1.165, 1.54) is 4.90 Å². The molecule has 0 bridgehead atoms. The van der Waals surface area contributed by atoms with Crippen molar-refractivity contribution in [2.24, 2.45) is 0 Å². The fourth-order valence-electron chi connectivity index (χ4n) is 8.10. The molecule has 0 aliphatic carbocycles. The van der Waals surface area contributed by atoms with Crippen molar-refractivity contribution in [3.05, 3.63) is 236 Å². The third kappa shape index (κ3) is 6.41. The molecule has 0 saturated heterocycles. The van der Waals surface area contributed by atoms with Crippen LogP contribution in [-0.4, -0.2) is 0 Å². The molecule has 0 fully saturated rings. The van der Waals surface area contributed by atoms with E-state index in [1.807, 2.05) is 158 Å². The van der Waals surface area contributed by atoms with E-state index in [2.05, 4.69) is 0 Å². The summed E-state index contributed by atoms with van der Waals surface area (Å²) in [5.41, 5.74) is 7.30. The smallest absolute Gasteiger partial charge is 0.143 e. The molecule has 1 aromatic heterocycles. The number of hydrogen-bond acceptors (Lipinski definition) is 2. The third-order valence-electron chi connectivity index (χ3n) is 11.0. The highest BCUT2D eigenvalue weighted by Crippen LogP contribution is 2.46. The normalized spacial score (nSPS) is 13.2. The van der Waals surface area contributed by atoms with Gasteiger partial charge in [-0.25, -0.2) is 0 Å². The van der Waals surface area contributed by atoms with Gasteiger partial charge in [0.15, 0.2) is 0 Å². The third-order valence-corrected chi connectivity index (χ3v) is 11.0. The standard InChI is InChI=1S/C58H39NO/c1-3-13-40(14-4-1)42-25-27-43(28-26-42)44-29-34-49(35-30-44)59(50-36-31-45(32-37-50)48-19-11-18-47(39-48)41-15-5-2-6-16-41)55-23-10-9-21-52(55)53-22-12-24-56-57(53)54-38-33-46-17-7-8-20-51(46)58(54)60-56/h1-39H/i29D,30D,31D,32D,34D,35D,36D,37D. The maximum absolute atomic E-state index is 9.79. The number of hydrogen-bond donors (Lipinski definition) is 0. The Balaban J connectivity index is 1.16. The second-order valence-corrected chi connectivity index (χ2v) is 14.6. The highest BCUT2D eigenvalue weighted by Gasteiger charge is 2.21. The van der Waals surface area contributed by atoms with E-state index in [9.17, 15) is 11.0 Å². The average Bonchev–Trinajstić information content (AvgIpc) is 3.78. The van der Waals surface area contributed by atoms with Crippen molar-refractivity contribution in [1.82, 2.24) is 0 Å². The quantitative estimate of drug-likeness (QED) is 0.153. The summed E-state index contributed by atoms with van der Waals surface area (Å²) in [6.07, 6.45) is 0. The Kier molecular flexibility index (Phi) is 6.96. The lowest BCUT2D eigenvalue weighted by molar-refractivity contribution is 0.673. The molecule has 0 aliphatic rings. The van der Waals surface area contributed by atoms with E-state index < -0.39 is 24.2 Å². The minimum Gasteiger partial charge on any atom is -0.455 e. The maximum atomic E-state index is 9.79. The predicted octanol–water partition coefficient (Wildman–Crippen LogP) is 16.5. The summed E-state index contributed by atoms with van der Waals surface area (Å²) < 4.78 is 83.9. The fraction of sp³-hybridized carbons (Fsp3) is 0. The molecule has 0 unspecified atom stereocenters. The zero-order chi connectivity index (χ0) is 46.8. The highest BCUT2D eigenvalue weighted by molar-refractivity contribution is 6.19. The second kappa shape index (κ2) is 15.1. The fourth-order valence-corrected chi connectivity index (χ4v) is 8.10. The summed E-state index contributed by atoms with van der Waals surface area (Å²) in [5.74, 6) is 0. The first-order valence-corrected chi connectivity index (χ1v) is 19.9. The first kappa shape index (κ1) is 27.7. The Morgan fingerprint density at radius 3 is 1.55 bits per heavy atom. The van der Waals surface area contributed by atoms with Crippen LogP contribution in [0.15, 0.2) is 241 Å². The Hall–Kier alpha value is -7.94. The minimum absolute atomic E-state index is 0.0884. The zero-order valence-corrected chi connectivity index (χ0v) is 32.3. The summed E-state index contributed by atoms with van der Waals surface area (Å²) in [4.78, 5) is 1.39. The molecule has 0 atom stereocenters. The van der Waals surface area contributed by atoms with E-state index in [-0.39, 0.29) is 46.7 Å². The van der Waals surface area contributed by atoms with Gasteiger partial charge in [0.25, 0.3) is 0 Å². The van der Waals surface area contributed by atoms with E-state index in [4.69, 9.17) is 4.42 Å². The summed E-state index contributed by atoms with van der Waals surface area (Å²) in [6.45, 7) is 0. The lowest BCUT2D eigenvalue weighted by Gasteiger charge is -2.28. The largest absolute Gasteiger partial charge is 0.455 e. The monoisotopic (exact) mass is 773 g/mol. The molecule has 11 rings (SSSR count). The molecular formula is C58H39NO. The maximum Gasteiger partial charge on any atom is 0.143 e. The number of benzene rings is 10. The van der Waals surface area contributed by atoms with Gasteiger partial charge in [0, 0.05) is 33.1 Å². The molecule has 0 saturated carbocycles. The Morgan fingerprint density at radius 1 is 0.350 bits per heavy atom. The van der Waals surface area contributed by atoms with Crippen LogP contribution in [0.25, 0.3) is 88.3 Å². The molecule has 0 radical (unpaired) electrons. The number of furan rings is 1. The van der Waals surface area contributed by atoms with Gasteiger partial charge < -0.3 is 9.32 Å². The van der Waals surface area contributed by atoms with Crippen molar-refractivity contribution in [2.75, 3.05) is 4.90 Å². The van der Waals surface area contributed by atoms with E-state index in [1.54, 1.807) is 30.3 Å². The molecule has 10 aromatic carbocycles. The first-order chi connectivity index (χ1) is 33.1. The van der Waals surface area contributed by atoms with Gasteiger partial charge in [-0.1, -0.05) is 188 Å². The van der Waals surface area contributed by atoms with Crippen LogP contribution >= 0.6 is 0 Å². The SMILES string of the molecule is [2H]c1c([2H])c(N(c2ccccc2-c2cccc3oc4c5ccccc5ccc4c23)c2c([2H])c([2H])c(-c3cccc(-c4ccccc4)c3)c([2H])c2[2H])c([2H])c([2H])c1-c1ccc(-c2ccccc2)cc1. The van der Waals surface area contributed by atoms with Crippen molar-refractivity contribution in [3.63, 3.8) is 0 Å². The van der Waals surface area contributed by atoms with Gasteiger partial charge in [-0.15, -0.1) is 0 Å². The van der Waals surface area contributed by atoms with Gasteiger partial charge in [-0.2, -0.15) is 0 Å². The molecular weight excluding hydrogens is 727 g/mol. The number of anilines is 3. The Morgan fingerprint density at radius 2 is 0.850 bits per heavy atom. The zero-order valence-electron chi connectivity index (χ0n) is 40.3. The van der Waals surface area contributed by atoms with E-state index >= 15 is 0 Å². The van der Waals surface area contributed by atoms with Crippen molar-refractivity contribution < 1.29 is 15.4 Å². The number of fused-ring (bicyclic) bond motifs is 5. The lowest BCUT2D eigenvalue weighted by atomic mass is 9.95. The van der Waals surface area contributed by atoms with E-state index in [0.29, 0.717) is 39.1 Å². The topological polar surface area (TPSA) is 16.4 Å². The van der Waals surface area contributed by atoms with Crippen molar-refractivity contribution in [3.8, 4) is 55.6 Å². The molecule has 282 valence electrons. The molecule has 0 aliphatic heterocycles. The van der Waals surface area contributed by atoms with Crippen molar-refractivity contribution in [2.45, 2.75) is 0 Å². The Bertz CT molecular complexity index is 3720. The molecule has 2 nitrogen and oxygen atoms in total. The van der Waals surface area contributed by atoms with Crippen LogP contribution in [-0.2, 0) is 0 Å². The summed E-state index contributed by atoms with van der Waals surface area (Å²) in [5, 5.41) is 3.61. The average molecular weight is 774 g/mol. The highest BCUT2D eigenvalue weighted by atomic mass is 16.3. The van der Waals surface area contributed by atoms with Crippen LogP contribution < -0.4 is 4.90 Å². The van der Waals surface area contributed by atoms with Crippen molar-refractivity contribution >= 4 is 49.8 Å². The van der Waals surface area contributed by atoms with Crippen LogP contribution in [0, 0.1) is 0 Å². The summed E-state index contributed by atoms with van der Waals surface area (Å²) >= 11 is 0. The van der Waals surface area contributed by atoms with Crippen LogP contribution in [0.4, 0.5) is 17.1 Å². The second-order valence-electron chi connectivity index (χ2n) is 14.6. The van der Waals surface area contributed by atoms with Crippen LogP contribution in [0.1, 0.15) is 11.0 Å². The van der Waals surface area contributed by atoms with Gasteiger partial charge in [-0.3, -0.25) is 0 Å². The minimum atomic E-state index is -0.420. The van der Waals surface area contributed by atoms with Crippen LogP contribution in [0.2, 0.25) is 0 Å². The molecule has 1 heterocycles. The molecule has 0 spiro atoms. The van der Waals surface area contributed by atoms with Crippen LogP contribution in [0.5, 0.6) is 0 Å². The first-order valence-electron chi connectivity index (χ1n) is 23.9. The summed E-state index contributed by atoms with van der Waals surface area (Å²) in [6, 6.07) is 56.3. The number of para-hydroxylation sites is 1.